The third-order valence-corrected chi connectivity index (χ3v) is 7.13. The summed E-state index contributed by atoms with van der Waals surface area (Å²) in [6.45, 7) is -1.00. The van der Waals surface area contributed by atoms with E-state index in [1.807, 2.05) is 0 Å². The average Bonchev–Trinajstić information content (AvgIpc) is 3.07. The van der Waals surface area contributed by atoms with Gasteiger partial charge in [0.2, 0.25) is 11.8 Å². The molecule has 3 N–H and O–H groups in total. The SMILES string of the molecule is Cl.NCC(F)(F)CNC(=O)C1CCCN1C(=O)C12CC3CC(CC(C3)C1)C2. The normalized spacial score (nSPS) is 37.2. The smallest absolute Gasteiger partial charge is 0.277 e. The number of rotatable bonds is 5. The lowest BCUT2D eigenvalue weighted by atomic mass is 9.49. The van der Waals surface area contributed by atoms with E-state index in [2.05, 4.69) is 5.32 Å². The molecule has 4 aliphatic carbocycles. The van der Waals surface area contributed by atoms with Gasteiger partial charge in [-0.1, -0.05) is 0 Å². The Kier molecular flexibility index (Phi) is 5.75. The second-order valence-electron chi connectivity index (χ2n) is 9.13. The molecular formula is C19H30ClF2N3O2. The third-order valence-electron chi connectivity index (χ3n) is 7.13. The highest BCUT2D eigenvalue weighted by Gasteiger charge is 2.56. The maximum absolute atomic E-state index is 13.4. The van der Waals surface area contributed by atoms with Crippen molar-refractivity contribution in [2.45, 2.75) is 63.3 Å². The van der Waals surface area contributed by atoms with Crippen LogP contribution in [0.25, 0.3) is 0 Å². The van der Waals surface area contributed by atoms with Crippen LogP contribution in [0.1, 0.15) is 51.4 Å². The zero-order chi connectivity index (χ0) is 18.5. The first kappa shape index (κ1) is 20.8. The highest BCUT2D eigenvalue weighted by Crippen LogP contribution is 2.60. The number of halogens is 3. The lowest BCUT2D eigenvalue weighted by Gasteiger charge is -2.56. The standard InChI is InChI=1S/C19H29F2N3O2.ClH/c20-19(21,10-22)11-23-16(25)15-2-1-3-24(15)17(26)18-7-12-4-13(8-18)6-14(5-12)9-18;/h12-15H,1-11,22H2,(H,23,25);1H. The molecule has 154 valence electrons. The summed E-state index contributed by atoms with van der Waals surface area (Å²) in [6, 6.07) is -0.607. The second kappa shape index (κ2) is 7.47. The van der Waals surface area contributed by atoms with Gasteiger partial charge in [-0.3, -0.25) is 9.59 Å². The van der Waals surface area contributed by atoms with Gasteiger partial charge >= 0.3 is 0 Å². The Balaban J connectivity index is 0.00000210. The van der Waals surface area contributed by atoms with E-state index in [0.717, 1.165) is 25.7 Å². The first-order valence-electron chi connectivity index (χ1n) is 9.98. The van der Waals surface area contributed by atoms with Gasteiger partial charge < -0.3 is 16.0 Å². The summed E-state index contributed by atoms with van der Waals surface area (Å²) in [6.07, 6.45) is 7.93. The molecule has 4 bridgehead atoms. The number of amides is 2. The predicted octanol–water partition coefficient (Wildman–Crippen LogP) is 2.33. The molecule has 0 aromatic heterocycles. The fourth-order valence-corrected chi connectivity index (χ4v) is 6.37. The van der Waals surface area contributed by atoms with Crippen molar-refractivity contribution in [2.75, 3.05) is 19.6 Å². The van der Waals surface area contributed by atoms with Crippen LogP contribution in [0.5, 0.6) is 0 Å². The molecule has 0 aromatic rings. The van der Waals surface area contributed by atoms with Crippen molar-refractivity contribution < 1.29 is 18.4 Å². The van der Waals surface area contributed by atoms with Crippen LogP contribution in [0.15, 0.2) is 0 Å². The minimum Gasteiger partial charge on any atom is -0.348 e. The summed E-state index contributed by atoms with van der Waals surface area (Å²) in [7, 11) is 0. The monoisotopic (exact) mass is 405 g/mol. The summed E-state index contributed by atoms with van der Waals surface area (Å²) in [5.41, 5.74) is 4.73. The van der Waals surface area contributed by atoms with Crippen LogP contribution in [0.3, 0.4) is 0 Å². The summed E-state index contributed by atoms with van der Waals surface area (Å²) < 4.78 is 26.7. The number of likely N-dealkylation sites (tertiary alicyclic amines) is 1. The van der Waals surface area contributed by atoms with Gasteiger partial charge in [0.05, 0.1) is 18.5 Å². The van der Waals surface area contributed by atoms with E-state index in [0.29, 0.717) is 30.7 Å². The van der Waals surface area contributed by atoms with Gasteiger partial charge in [0.15, 0.2) is 0 Å². The number of hydrogen-bond donors (Lipinski definition) is 2. The van der Waals surface area contributed by atoms with E-state index in [-0.39, 0.29) is 23.7 Å². The van der Waals surface area contributed by atoms with Gasteiger partial charge in [-0.2, -0.15) is 0 Å². The molecule has 2 amide bonds. The molecule has 5 fully saturated rings. The maximum atomic E-state index is 13.4. The van der Waals surface area contributed by atoms with Crippen molar-refractivity contribution in [1.29, 1.82) is 0 Å². The van der Waals surface area contributed by atoms with Crippen LogP contribution in [0.2, 0.25) is 0 Å². The molecule has 1 unspecified atom stereocenters. The maximum Gasteiger partial charge on any atom is 0.277 e. The summed E-state index contributed by atoms with van der Waals surface area (Å²) in [4.78, 5) is 27.6. The van der Waals surface area contributed by atoms with Crippen molar-refractivity contribution in [1.82, 2.24) is 10.2 Å². The van der Waals surface area contributed by atoms with Crippen LogP contribution in [0.4, 0.5) is 8.78 Å². The van der Waals surface area contributed by atoms with Crippen molar-refractivity contribution in [2.24, 2.45) is 28.9 Å². The third kappa shape index (κ3) is 3.82. The fourth-order valence-electron chi connectivity index (χ4n) is 6.37. The first-order valence-corrected chi connectivity index (χ1v) is 9.98. The number of nitrogens with zero attached hydrogens (tertiary/aromatic N) is 1. The molecule has 4 saturated carbocycles. The second-order valence-corrected chi connectivity index (χ2v) is 9.13. The number of alkyl halides is 2. The highest BCUT2D eigenvalue weighted by molar-refractivity contribution is 5.91. The summed E-state index contributed by atoms with van der Waals surface area (Å²) >= 11 is 0. The van der Waals surface area contributed by atoms with E-state index in [1.54, 1.807) is 4.90 Å². The van der Waals surface area contributed by atoms with Crippen LogP contribution in [-0.4, -0.2) is 48.3 Å². The van der Waals surface area contributed by atoms with Crippen molar-refractivity contribution in [3.63, 3.8) is 0 Å². The molecule has 1 heterocycles. The zero-order valence-corrected chi connectivity index (χ0v) is 16.4. The highest BCUT2D eigenvalue weighted by atomic mass is 35.5. The van der Waals surface area contributed by atoms with Crippen LogP contribution >= 0.6 is 12.4 Å². The van der Waals surface area contributed by atoms with Crippen molar-refractivity contribution >= 4 is 24.2 Å². The predicted molar refractivity (Wildman–Crippen MR) is 99.6 cm³/mol. The summed E-state index contributed by atoms with van der Waals surface area (Å²) in [5.74, 6) is -1.49. The lowest BCUT2D eigenvalue weighted by Crippen LogP contribution is -2.57. The van der Waals surface area contributed by atoms with Gasteiger partial charge in [0, 0.05) is 6.54 Å². The Hall–Kier alpha value is -0.950. The number of nitrogens with one attached hydrogen (secondary N) is 1. The fraction of sp³-hybridized carbons (Fsp3) is 0.895. The van der Waals surface area contributed by atoms with Crippen molar-refractivity contribution in [3.8, 4) is 0 Å². The number of carbonyl (C=O) groups excluding carboxylic acids is 2. The van der Waals surface area contributed by atoms with E-state index < -0.39 is 31.0 Å². The van der Waals surface area contributed by atoms with E-state index >= 15 is 0 Å². The number of hydrogen-bond acceptors (Lipinski definition) is 3. The molecule has 5 rings (SSSR count). The number of carbonyl (C=O) groups is 2. The molecule has 27 heavy (non-hydrogen) atoms. The Morgan fingerprint density at radius 3 is 2.19 bits per heavy atom. The Labute approximate surface area is 165 Å². The van der Waals surface area contributed by atoms with Crippen LogP contribution < -0.4 is 11.1 Å². The minimum absolute atomic E-state index is 0. The zero-order valence-electron chi connectivity index (χ0n) is 15.6. The van der Waals surface area contributed by atoms with Gasteiger partial charge in [-0.05, 0) is 69.1 Å². The molecule has 0 radical (unpaired) electrons. The Morgan fingerprint density at radius 1 is 1.11 bits per heavy atom. The molecule has 1 saturated heterocycles. The topological polar surface area (TPSA) is 75.4 Å². The quantitative estimate of drug-likeness (QED) is 0.737. The van der Waals surface area contributed by atoms with Crippen molar-refractivity contribution in [3.05, 3.63) is 0 Å². The molecule has 5 aliphatic rings. The lowest BCUT2D eigenvalue weighted by molar-refractivity contribution is -0.160. The van der Waals surface area contributed by atoms with Gasteiger partial charge in [-0.25, -0.2) is 8.78 Å². The molecule has 1 aliphatic heterocycles. The molecule has 0 spiro atoms. The molecule has 5 nitrogen and oxygen atoms in total. The molecular weight excluding hydrogens is 376 g/mol. The average molecular weight is 406 g/mol. The Morgan fingerprint density at radius 2 is 1.67 bits per heavy atom. The van der Waals surface area contributed by atoms with Crippen LogP contribution in [0, 0.1) is 23.2 Å². The van der Waals surface area contributed by atoms with Gasteiger partial charge in [-0.15, -0.1) is 12.4 Å². The summed E-state index contributed by atoms with van der Waals surface area (Å²) in [5, 5.41) is 2.31. The van der Waals surface area contributed by atoms with E-state index in [1.165, 1.54) is 19.3 Å². The Bertz CT molecular complexity index is 566. The van der Waals surface area contributed by atoms with Gasteiger partial charge in [0.1, 0.15) is 6.04 Å². The number of nitrogens with two attached hydrogens (primary N) is 1. The van der Waals surface area contributed by atoms with Gasteiger partial charge in [0.25, 0.3) is 5.92 Å². The molecule has 8 heteroatoms. The minimum atomic E-state index is -3.11. The largest absolute Gasteiger partial charge is 0.348 e. The van der Waals surface area contributed by atoms with E-state index in [4.69, 9.17) is 5.73 Å². The molecule has 1 atom stereocenters. The van der Waals surface area contributed by atoms with Crippen LogP contribution in [-0.2, 0) is 9.59 Å². The van der Waals surface area contributed by atoms with E-state index in [9.17, 15) is 18.4 Å². The first-order chi connectivity index (χ1) is 12.3. The molecule has 0 aromatic carbocycles.